The van der Waals surface area contributed by atoms with Crippen LogP contribution in [0.4, 0.5) is 10.5 Å². The first-order chi connectivity index (χ1) is 17.9. The molecule has 0 aromatic heterocycles. The van der Waals surface area contributed by atoms with E-state index in [0.29, 0.717) is 23.6 Å². The summed E-state index contributed by atoms with van der Waals surface area (Å²) in [5, 5.41) is 8.94. The maximum atomic E-state index is 13.5. The SMILES string of the molecule is COc1ccc(C2CC(c3cccc(OC)c3)=NN2C(=O)CN(C)C(=O)Nc2ccccc2OC)cc1. The third-order valence-corrected chi connectivity index (χ3v) is 6.14. The van der Waals surface area contributed by atoms with E-state index in [-0.39, 0.29) is 18.5 Å². The van der Waals surface area contributed by atoms with E-state index in [1.165, 1.54) is 17.0 Å². The smallest absolute Gasteiger partial charge is 0.322 e. The lowest BCUT2D eigenvalue weighted by Crippen LogP contribution is -2.41. The highest BCUT2D eigenvalue weighted by atomic mass is 16.5. The third kappa shape index (κ3) is 5.83. The topological polar surface area (TPSA) is 92.7 Å². The summed E-state index contributed by atoms with van der Waals surface area (Å²) >= 11 is 0. The van der Waals surface area contributed by atoms with E-state index >= 15 is 0 Å². The van der Waals surface area contributed by atoms with E-state index in [9.17, 15) is 9.59 Å². The molecule has 1 atom stereocenters. The number of hydrazone groups is 1. The van der Waals surface area contributed by atoms with Crippen molar-refractivity contribution in [2.24, 2.45) is 5.10 Å². The molecule has 3 amide bonds. The van der Waals surface area contributed by atoms with Crippen LogP contribution in [0.25, 0.3) is 0 Å². The molecule has 37 heavy (non-hydrogen) atoms. The van der Waals surface area contributed by atoms with Crippen molar-refractivity contribution < 1.29 is 23.8 Å². The van der Waals surface area contributed by atoms with Gasteiger partial charge in [-0.2, -0.15) is 5.10 Å². The fraction of sp³-hybridized carbons (Fsp3) is 0.250. The summed E-state index contributed by atoms with van der Waals surface area (Å²) in [6.07, 6.45) is 0.516. The summed E-state index contributed by atoms with van der Waals surface area (Å²) in [5.74, 6) is 1.65. The molecule has 1 unspecified atom stereocenters. The van der Waals surface area contributed by atoms with Gasteiger partial charge in [0.15, 0.2) is 0 Å². The molecular weight excluding hydrogens is 472 g/mol. The Balaban J connectivity index is 1.55. The van der Waals surface area contributed by atoms with Gasteiger partial charge in [-0.1, -0.05) is 36.4 Å². The number of hydrogen-bond donors (Lipinski definition) is 1. The Morgan fingerprint density at radius 1 is 0.946 bits per heavy atom. The number of urea groups is 1. The number of carbonyl (C=O) groups excluding carboxylic acids is 2. The van der Waals surface area contributed by atoms with Crippen LogP contribution in [0.3, 0.4) is 0 Å². The molecule has 1 aliphatic rings. The van der Waals surface area contributed by atoms with Crippen LogP contribution in [0.2, 0.25) is 0 Å². The molecule has 0 radical (unpaired) electrons. The summed E-state index contributed by atoms with van der Waals surface area (Å²) in [6.45, 7) is -0.164. The number of nitrogens with zero attached hydrogens (tertiary/aromatic N) is 3. The average Bonchev–Trinajstić information content (AvgIpc) is 3.39. The van der Waals surface area contributed by atoms with Gasteiger partial charge in [-0.3, -0.25) is 4.79 Å². The minimum Gasteiger partial charge on any atom is -0.497 e. The van der Waals surface area contributed by atoms with Gasteiger partial charge in [-0.15, -0.1) is 0 Å². The van der Waals surface area contributed by atoms with E-state index in [0.717, 1.165) is 22.6 Å². The van der Waals surface area contributed by atoms with Crippen molar-refractivity contribution in [3.05, 3.63) is 83.9 Å². The Bertz CT molecular complexity index is 1290. The standard InChI is InChI=1S/C28H30N4O5/c1-31(28(34)29-23-10-5-6-11-26(23)37-4)18-27(33)32-25(19-12-14-21(35-2)15-13-19)17-24(30-32)20-8-7-9-22(16-20)36-3/h5-16,25H,17-18H2,1-4H3,(H,29,34). The molecule has 4 rings (SSSR count). The van der Waals surface area contributed by atoms with Gasteiger partial charge in [0.05, 0.1) is 38.8 Å². The summed E-state index contributed by atoms with van der Waals surface area (Å²) in [4.78, 5) is 27.6. The van der Waals surface area contributed by atoms with Crippen molar-refractivity contribution in [2.45, 2.75) is 12.5 Å². The Morgan fingerprint density at radius 2 is 1.68 bits per heavy atom. The molecule has 3 aromatic rings. The van der Waals surface area contributed by atoms with Crippen molar-refractivity contribution in [2.75, 3.05) is 40.2 Å². The number of likely N-dealkylation sites (N-methyl/N-ethyl adjacent to an activating group) is 1. The molecule has 0 spiro atoms. The largest absolute Gasteiger partial charge is 0.497 e. The van der Waals surface area contributed by atoms with Gasteiger partial charge in [0.2, 0.25) is 0 Å². The van der Waals surface area contributed by atoms with Gasteiger partial charge < -0.3 is 24.4 Å². The van der Waals surface area contributed by atoms with Gasteiger partial charge >= 0.3 is 6.03 Å². The Kier molecular flexibility index (Phi) is 7.92. The summed E-state index contributed by atoms with van der Waals surface area (Å²) in [5.41, 5.74) is 3.06. The van der Waals surface area contributed by atoms with Gasteiger partial charge in [0.25, 0.3) is 5.91 Å². The first-order valence-electron chi connectivity index (χ1n) is 11.8. The molecule has 0 bridgehead atoms. The number of carbonyl (C=O) groups is 2. The molecule has 1 N–H and O–H groups in total. The van der Waals surface area contributed by atoms with E-state index < -0.39 is 6.03 Å². The molecule has 1 aliphatic heterocycles. The highest BCUT2D eigenvalue weighted by Crippen LogP contribution is 2.34. The second-order valence-corrected chi connectivity index (χ2v) is 8.50. The lowest BCUT2D eigenvalue weighted by molar-refractivity contribution is -0.133. The van der Waals surface area contributed by atoms with E-state index in [2.05, 4.69) is 5.32 Å². The minimum atomic E-state index is -0.435. The quantitative estimate of drug-likeness (QED) is 0.488. The Hall–Kier alpha value is -4.53. The van der Waals surface area contributed by atoms with Crippen molar-refractivity contribution in [1.29, 1.82) is 0 Å². The maximum absolute atomic E-state index is 13.5. The van der Waals surface area contributed by atoms with Crippen LogP contribution >= 0.6 is 0 Å². The molecule has 192 valence electrons. The number of para-hydroxylation sites is 2. The zero-order valence-corrected chi connectivity index (χ0v) is 21.3. The van der Waals surface area contributed by atoms with E-state index in [1.54, 1.807) is 39.5 Å². The monoisotopic (exact) mass is 502 g/mol. The van der Waals surface area contributed by atoms with E-state index in [1.807, 2.05) is 54.6 Å². The van der Waals surface area contributed by atoms with E-state index in [4.69, 9.17) is 19.3 Å². The number of hydrogen-bond acceptors (Lipinski definition) is 6. The molecule has 3 aromatic carbocycles. The summed E-state index contributed by atoms with van der Waals surface area (Å²) in [6, 6.07) is 21.5. The fourth-order valence-electron chi connectivity index (χ4n) is 4.11. The molecule has 1 heterocycles. The predicted molar refractivity (Wildman–Crippen MR) is 141 cm³/mol. The lowest BCUT2D eigenvalue weighted by atomic mass is 9.98. The molecule has 9 nitrogen and oxygen atoms in total. The number of ether oxygens (including phenoxy) is 3. The average molecular weight is 503 g/mol. The highest BCUT2D eigenvalue weighted by molar-refractivity contribution is 6.04. The van der Waals surface area contributed by atoms with Crippen LogP contribution in [0.5, 0.6) is 17.2 Å². The number of nitrogens with one attached hydrogen (secondary N) is 1. The maximum Gasteiger partial charge on any atom is 0.322 e. The molecule has 0 fully saturated rings. The molecule has 0 aliphatic carbocycles. The normalized spacial score (nSPS) is 14.5. The zero-order valence-electron chi connectivity index (χ0n) is 21.3. The second kappa shape index (κ2) is 11.5. The highest BCUT2D eigenvalue weighted by Gasteiger charge is 2.34. The fourth-order valence-corrected chi connectivity index (χ4v) is 4.11. The van der Waals surface area contributed by atoms with Crippen molar-refractivity contribution in [1.82, 2.24) is 9.91 Å². The van der Waals surface area contributed by atoms with Crippen LogP contribution in [-0.2, 0) is 4.79 Å². The number of methoxy groups -OCH3 is 3. The van der Waals surface area contributed by atoms with Crippen molar-refractivity contribution in [3.63, 3.8) is 0 Å². The van der Waals surface area contributed by atoms with Gasteiger partial charge in [-0.25, -0.2) is 9.80 Å². The Morgan fingerprint density at radius 3 is 2.38 bits per heavy atom. The van der Waals surface area contributed by atoms with Crippen LogP contribution in [0.1, 0.15) is 23.6 Å². The van der Waals surface area contributed by atoms with Gasteiger partial charge in [-0.05, 0) is 42.0 Å². The number of rotatable bonds is 8. The zero-order chi connectivity index (χ0) is 26.4. The first-order valence-corrected chi connectivity index (χ1v) is 11.8. The minimum absolute atomic E-state index is 0.164. The number of anilines is 1. The summed E-state index contributed by atoms with van der Waals surface area (Å²) < 4.78 is 15.9. The molecular formula is C28H30N4O5. The second-order valence-electron chi connectivity index (χ2n) is 8.50. The van der Waals surface area contributed by atoms with Crippen molar-refractivity contribution >= 4 is 23.3 Å². The Labute approximate surface area is 216 Å². The number of amides is 3. The molecule has 0 saturated heterocycles. The van der Waals surface area contributed by atoms with Gasteiger partial charge in [0.1, 0.15) is 23.8 Å². The van der Waals surface area contributed by atoms with Crippen LogP contribution < -0.4 is 19.5 Å². The third-order valence-electron chi connectivity index (χ3n) is 6.14. The van der Waals surface area contributed by atoms with Crippen LogP contribution in [-0.4, -0.2) is 62.5 Å². The number of benzene rings is 3. The van der Waals surface area contributed by atoms with Crippen molar-refractivity contribution in [3.8, 4) is 17.2 Å². The molecule has 9 heteroatoms. The molecule has 0 saturated carbocycles. The van der Waals surface area contributed by atoms with Gasteiger partial charge in [0, 0.05) is 19.0 Å². The lowest BCUT2D eigenvalue weighted by Gasteiger charge is -2.25. The van der Waals surface area contributed by atoms with Crippen LogP contribution in [0, 0.1) is 0 Å². The van der Waals surface area contributed by atoms with Crippen LogP contribution in [0.15, 0.2) is 77.9 Å². The summed E-state index contributed by atoms with van der Waals surface area (Å²) in [7, 11) is 6.31. The first kappa shape index (κ1) is 25.6. The predicted octanol–water partition coefficient (Wildman–Crippen LogP) is 4.55.